The minimum Gasteiger partial charge on any atom is -0.444 e. The number of ketones is 1. The van der Waals surface area contributed by atoms with E-state index in [9.17, 15) is 9.59 Å². The Labute approximate surface area is 177 Å². The molecule has 6 nitrogen and oxygen atoms in total. The molecule has 2 aromatic carbocycles. The number of anilines is 1. The van der Waals surface area contributed by atoms with E-state index in [0.29, 0.717) is 22.8 Å². The first-order valence-electron chi connectivity index (χ1n) is 9.34. The van der Waals surface area contributed by atoms with Gasteiger partial charge in [0.05, 0.1) is 0 Å². The van der Waals surface area contributed by atoms with Crippen molar-refractivity contribution < 1.29 is 14.3 Å². The number of rotatable bonds is 8. The summed E-state index contributed by atoms with van der Waals surface area (Å²) in [6.45, 7) is 4.17. The summed E-state index contributed by atoms with van der Waals surface area (Å²) in [5.41, 5.74) is 2.07. The zero-order valence-corrected chi connectivity index (χ0v) is 16.8. The van der Waals surface area contributed by atoms with Crippen molar-refractivity contribution in [2.75, 3.05) is 11.9 Å². The third-order valence-corrected chi connectivity index (χ3v) is 5.33. The molecule has 2 N–H and O–H groups in total. The number of nitrogens with one attached hydrogen (secondary N) is 2. The van der Waals surface area contributed by atoms with Crippen molar-refractivity contribution in [1.29, 1.82) is 0 Å². The number of para-hydroxylation sites is 1. The number of benzene rings is 2. The van der Waals surface area contributed by atoms with Gasteiger partial charge in [-0.25, -0.2) is 9.78 Å². The molecule has 2 heterocycles. The van der Waals surface area contributed by atoms with Crippen molar-refractivity contribution in [1.82, 2.24) is 9.97 Å². The monoisotopic (exact) mass is 417 g/mol. The van der Waals surface area contributed by atoms with Gasteiger partial charge in [-0.2, -0.15) is 0 Å². The molecule has 0 aliphatic carbocycles. The van der Waals surface area contributed by atoms with Crippen LogP contribution in [0.3, 0.4) is 0 Å². The summed E-state index contributed by atoms with van der Waals surface area (Å²) in [6, 6.07) is 16.5. The average molecular weight is 417 g/mol. The lowest BCUT2D eigenvalue weighted by molar-refractivity contribution is 0.0276. The molecule has 0 spiro atoms. The number of fused-ring (bicyclic) bond motifs is 1. The number of esters is 1. The van der Waals surface area contributed by atoms with E-state index in [1.165, 1.54) is 11.3 Å². The number of aromatic amines is 1. The van der Waals surface area contributed by atoms with Crippen LogP contribution in [0.2, 0.25) is 0 Å². The van der Waals surface area contributed by atoms with Crippen molar-refractivity contribution in [2.24, 2.45) is 0 Å². The fourth-order valence-electron chi connectivity index (χ4n) is 3.09. The number of ether oxygens (including phenoxy) is 1. The lowest BCUT2D eigenvalue weighted by atomic mass is 9.99. The van der Waals surface area contributed by atoms with E-state index in [1.807, 2.05) is 30.3 Å². The number of H-pyrrole nitrogens is 1. The van der Waals surface area contributed by atoms with E-state index in [1.54, 1.807) is 41.9 Å². The molecule has 4 aromatic rings. The number of carbonyl (C=O) groups excluding carboxylic acids is 2. The Morgan fingerprint density at radius 2 is 1.93 bits per heavy atom. The largest absolute Gasteiger partial charge is 0.444 e. The van der Waals surface area contributed by atoms with E-state index in [-0.39, 0.29) is 11.5 Å². The number of thiazole rings is 1. The molecule has 7 heteroatoms. The highest BCUT2D eigenvalue weighted by Gasteiger charge is 2.29. The molecule has 0 unspecified atom stereocenters. The Hall–Kier alpha value is -3.71. The van der Waals surface area contributed by atoms with E-state index in [4.69, 9.17) is 4.74 Å². The summed E-state index contributed by atoms with van der Waals surface area (Å²) < 4.78 is 5.67. The van der Waals surface area contributed by atoms with Gasteiger partial charge < -0.3 is 15.0 Å². The van der Waals surface area contributed by atoms with Crippen LogP contribution in [-0.4, -0.2) is 28.3 Å². The van der Waals surface area contributed by atoms with E-state index in [0.717, 1.165) is 10.9 Å². The van der Waals surface area contributed by atoms with Gasteiger partial charge in [0.1, 0.15) is 0 Å². The maximum absolute atomic E-state index is 13.4. The zero-order valence-electron chi connectivity index (χ0n) is 16.0. The SMILES string of the molecule is C=CCNc1nc(C(=O)O[C@@H](C(=O)c2c[nH]c3ccccc23)c2ccccc2)cs1. The number of hydrogen-bond acceptors (Lipinski definition) is 6. The minimum atomic E-state index is -1.08. The van der Waals surface area contributed by atoms with Crippen LogP contribution in [0.1, 0.15) is 32.5 Å². The molecule has 1 atom stereocenters. The standard InChI is InChI=1S/C23H19N3O3S/c1-2-12-24-23-26-19(14-30-23)22(28)29-21(15-8-4-3-5-9-15)20(27)17-13-25-18-11-7-6-10-16(17)18/h2-11,13-14,21,25H,1,12H2,(H,24,26)/t21-/m1/s1. The molecule has 30 heavy (non-hydrogen) atoms. The second kappa shape index (κ2) is 8.75. The fourth-order valence-corrected chi connectivity index (χ4v) is 3.78. The van der Waals surface area contributed by atoms with Gasteiger partial charge in [-0.1, -0.05) is 54.6 Å². The average Bonchev–Trinajstić information content (AvgIpc) is 3.43. The maximum Gasteiger partial charge on any atom is 0.358 e. The number of Topliss-reactive ketones (excluding diaryl/α,β-unsaturated/α-hetero) is 1. The van der Waals surface area contributed by atoms with Gasteiger partial charge in [0, 0.05) is 40.2 Å². The van der Waals surface area contributed by atoms with Gasteiger partial charge in [0.2, 0.25) is 5.78 Å². The topological polar surface area (TPSA) is 84.1 Å². The fraction of sp³-hybridized carbons (Fsp3) is 0.0870. The van der Waals surface area contributed by atoms with Crippen LogP contribution in [-0.2, 0) is 4.74 Å². The zero-order chi connectivity index (χ0) is 20.9. The Balaban J connectivity index is 1.64. The predicted molar refractivity (Wildman–Crippen MR) is 118 cm³/mol. The van der Waals surface area contributed by atoms with Crippen LogP contribution in [0.5, 0.6) is 0 Å². The van der Waals surface area contributed by atoms with E-state index >= 15 is 0 Å². The lowest BCUT2D eigenvalue weighted by Gasteiger charge is -2.16. The lowest BCUT2D eigenvalue weighted by Crippen LogP contribution is -2.20. The third-order valence-electron chi connectivity index (χ3n) is 4.53. The van der Waals surface area contributed by atoms with Gasteiger partial charge in [0.15, 0.2) is 16.9 Å². The van der Waals surface area contributed by atoms with Gasteiger partial charge >= 0.3 is 5.97 Å². The first-order valence-corrected chi connectivity index (χ1v) is 10.2. The molecule has 0 radical (unpaired) electrons. The normalized spacial score (nSPS) is 11.7. The summed E-state index contributed by atoms with van der Waals surface area (Å²) in [5.74, 6) is -0.952. The highest BCUT2D eigenvalue weighted by Crippen LogP contribution is 2.28. The summed E-state index contributed by atoms with van der Waals surface area (Å²) in [6.07, 6.45) is 2.27. The Bertz CT molecular complexity index is 1200. The second-order valence-corrected chi connectivity index (χ2v) is 7.37. The Morgan fingerprint density at radius 3 is 2.73 bits per heavy atom. The van der Waals surface area contributed by atoms with Crippen molar-refractivity contribution in [3.05, 3.63) is 95.6 Å². The Morgan fingerprint density at radius 1 is 1.17 bits per heavy atom. The molecular formula is C23H19N3O3S. The van der Waals surface area contributed by atoms with Crippen LogP contribution in [0.15, 0.2) is 78.8 Å². The summed E-state index contributed by atoms with van der Waals surface area (Å²) >= 11 is 1.29. The van der Waals surface area contributed by atoms with Gasteiger partial charge in [-0.05, 0) is 6.07 Å². The molecule has 0 bridgehead atoms. The van der Waals surface area contributed by atoms with Gasteiger partial charge in [-0.3, -0.25) is 4.79 Å². The molecule has 0 aliphatic rings. The summed E-state index contributed by atoms with van der Waals surface area (Å²) in [7, 11) is 0. The first-order chi connectivity index (χ1) is 14.7. The van der Waals surface area contributed by atoms with Crippen LogP contribution in [0, 0.1) is 0 Å². The molecule has 2 aromatic heterocycles. The van der Waals surface area contributed by atoms with Crippen LogP contribution in [0.25, 0.3) is 10.9 Å². The van der Waals surface area contributed by atoms with Crippen LogP contribution >= 0.6 is 11.3 Å². The highest BCUT2D eigenvalue weighted by atomic mass is 32.1. The van der Waals surface area contributed by atoms with Gasteiger partial charge in [0.25, 0.3) is 0 Å². The highest BCUT2D eigenvalue weighted by molar-refractivity contribution is 7.13. The van der Waals surface area contributed by atoms with Crippen LogP contribution < -0.4 is 5.32 Å². The van der Waals surface area contributed by atoms with Gasteiger partial charge in [-0.15, -0.1) is 17.9 Å². The number of nitrogens with zero attached hydrogens (tertiary/aromatic N) is 1. The van der Waals surface area contributed by atoms with Crippen molar-refractivity contribution >= 4 is 39.1 Å². The molecule has 4 rings (SSSR count). The van der Waals surface area contributed by atoms with E-state index < -0.39 is 12.1 Å². The molecule has 150 valence electrons. The molecule has 0 saturated heterocycles. The molecule has 0 aliphatic heterocycles. The molecule has 0 fully saturated rings. The van der Waals surface area contributed by atoms with Crippen molar-refractivity contribution in [3.8, 4) is 0 Å². The third kappa shape index (κ3) is 4.01. The maximum atomic E-state index is 13.4. The number of hydrogen-bond donors (Lipinski definition) is 2. The predicted octanol–water partition coefficient (Wildman–Crippen LogP) is 5.00. The molecule has 0 saturated carbocycles. The van der Waals surface area contributed by atoms with Crippen molar-refractivity contribution in [2.45, 2.75) is 6.10 Å². The molecular weight excluding hydrogens is 398 g/mol. The van der Waals surface area contributed by atoms with Crippen molar-refractivity contribution in [3.63, 3.8) is 0 Å². The smallest absolute Gasteiger partial charge is 0.358 e. The van der Waals surface area contributed by atoms with E-state index in [2.05, 4.69) is 21.9 Å². The number of carbonyl (C=O) groups is 2. The second-order valence-electron chi connectivity index (χ2n) is 6.52. The minimum absolute atomic E-state index is 0.152. The summed E-state index contributed by atoms with van der Waals surface area (Å²) in [4.78, 5) is 33.5. The van der Waals surface area contributed by atoms with Crippen LogP contribution in [0.4, 0.5) is 5.13 Å². The number of aromatic nitrogens is 2. The summed E-state index contributed by atoms with van der Waals surface area (Å²) in [5, 5.41) is 6.00. The first kappa shape index (κ1) is 19.6. The molecule has 0 amide bonds. The quantitative estimate of drug-likeness (QED) is 0.239. The Kier molecular flexibility index (Phi) is 5.72.